The van der Waals surface area contributed by atoms with Crippen molar-refractivity contribution in [3.8, 4) is 0 Å². The first-order chi connectivity index (χ1) is 10.1. The van der Waals surface area contributed by atoms with E-state index >= 15 is 0 Å². The second-order valence-electron chi connectivity index (χ2n) is 5.99. The van der Waals surface area contributed by atoms with E-state index in [1.165, 1.54) is 10.5 Å². The molecule has 2 aliphatic heterocycles. The maximum Gasteiger partial charge on any atom is 0.305 e. The van der Waals surface area contributed by atoms with Gasteiger partial charge in [0.05, 0.1) is 12.0 Å². The summed E-state index contributed by atoms with van der Waals surface area (Å²) in [6.45, 7) is 3.92. The molecule has 1 saturated heterocycles. The van der Waals surface area contributed by atoms with Crippen LogP contribution in [0.4, 0.5) is 0 Å². The van der Waals surface area contributed by atoms with Gasteiger partial charge in [0.15, 0.2) is 0 Å². The van der Waals surface area contributed by atoms with Gasteiger partial charge in [-0.2, -0.15) is 0 Å². The number of carbonyl (C=O) groups is 1. The van der Waals surface area contributed by atoms with Gasteiger partial charge in [-0.3, -0.25) is 9.69 Å². The minimum absolute atomic E-state index is 0.203. The van der Waals surface area contributed by atoms with Crippen LogP contribution in [0.2, 0.25) is 0 Å². The van der Waals surface area contributed by atoms with Crippen LogP contribution < -0.4 is 0 Å². The van der Waals surface area contributed by atoms with Gasteiger partial charge in [-0.1, -0.05) is 18.2 Å². The first-order valence-electron chi connectivity index (χ1n) is 7.49. The fraction of sp³-hybridized carbons (Fsp3) is 0.562. The fourth-order valence-electron chi connectivity index (χ4n) is 3.55. The molecular weight excluding hydrogens is 284 g/mol. The van der Waals surface area contributed by atoms with Crippen LogP contribution in [-0.2, 0) is 10.3 Å². The van der Waals surface area contributed by atoms with Crippen LogP contribution in [0.5, 0.6) is 0 Å². The van der Waals surface area contributed by atoms with Crippen molar-refractivity contribution in [1.29, 1.82) is 0 Å². The van der Waals surface area contributed by atoms with E-state index in [2.05, 4.69) is 29.0 Å². The molecule has 1 aromatic rings. The lowest BCUT2D eigenvalue weighted by Crippen LogP contribution is -2.56. The lowest BCUT2D eigenvalue weighted by Gasteiger charge is -2.49. The van der Waals surface area contributed by atoms with Crippen molar-refractivity contribution in [2.45, 2.75) is 23.3 Å². The van der Waals surface area contributed by atoms with E-state index in [-0.39, 0.29) is 12.0 Å². The first-order valence-corrected chi connectivity index (χ1v) is 8.48. The number of aliphatic carboxylic acids is 1. The van der Waals surface area contributed by atoms with Crippen molar-refractivity contribution in [2.75, 3.05) is 39.0 Å². The molecule has 1 N–H and O–H groups in total. The van der Waals surface area contributed by atoms with Gasteiger partial charge in [0.2, 0.25) is 0 Å². The SMILES string of the molecule is CN1CCN(C2(CC(=O)O)CCSc3ccccc32)CC1. The van der Waals surface area contributed by atoms with Gasteiger partial charge in [0, 0.05) is 36.8 Å². The van der Waals surface area contributed by atoms with Crippen molar-refractivity contribution in [3.63, 3.8) is 0 Å². The highest BCUT2D eigenvalue weighted by atomic mass is 32.2. The van der Waals surface area contributed by atoms with Crippen LogP contribution in [-0.4, -0.2) is 59.9 Å². The van der Waals surface area contributed by atoms with Crippen LogP contribution in [0, 0.1) is 0 Å². The predicted molar refractivity (Wildman–Crippen MR) is 84.8 cm³/mol. The van der Waals surface area contributed by atoms with Gasteiger partial charge in [-0.25, -0.2) is 0 Å². The average Bonchev–Trinajstić information content (AvgIpc) is 2.47. The fourth-order valence-corrected chi connectivity index (χ4v) is 4.80. The minimum atomic E-state index is -0.698. The van der Waals surface area contributed by atoms with E-state index in [4.69, 9.17) is 0 Å². The van der Waals surface area contributed by atoms with Crippen molar-refractivity contribution >= 4 is 17.7 Å². The van der Waals surface area contributed by atoms with E-state index in [1.807, 2.05) is 23.9 Å². The van der Waals surface area contributed by atoms with E-state index in [0.717, 1.165) is 38.4 Å². The van der Waals surface area contributed by atoms with Crippen LogP contribution in [0.15, 0.2) is 29.2 Å². The Morgan fingerprint density at radius 1 is 1.29 bits per heavy atom. The standard InChI is InChI=1S/C16H22N2O2S/c1-17-7-9-18(10-8-17)16(12-15(19)20)6-11-21-14-5-3-2-4-13(14)16/h2-5H,6-12H2,1H3,(H,19,20). The Kier molecular flexibility index (Phi) is 4.24. The Balaban J connectivity index is 2.00. The zero-order chi connectivity index (χ0) is 14.9. The highest BCUT2D eigenvalue weighted by Gasteiger charge is 2.44. The number of carboxylic acids is 1. The average molecular weight is 306 g/mol. The van der Waals surface area contributed by atoms with E-state index in [1.54, 1.807) is 0 Å². The van der Waals surface area contributed by atoms with E-state index < -0.39 is 5.97 Å². The molecule has 0 spiro atoms. The zero-order valence-electron chi connectivity index (χ0n) is 12.4. The molecule has 2 heterocycles. The second-order valence-corrected chi connectivity index (χ2v) is 7.12. The molecule has 1 aromatic carbocycles. The topological polar surface area (TPSA) is 43.8 Å². The number of hydrogen-bond donors (Lipinski definition) is 1. The molecule has 21 heavy (non-hydrogen) atoms. The lowest BCUT2D eigenvalue weighted by molar-refractivity contribution is -0.141. The number of nitrogens with zero attached hydrogens (tertiary/aromatic N) is 2. The van der Waals surface area contributed by atoms with Gasteiger partial charge < -0.3 is 10.0 Å². The van der Waals surface area contributed by atoms with Gasteiger partial charge in [-0.05, 0) is 25.1 Å². The molecule has 0 aliphatic carbocycles. The molecule has 0 bridgehead atoms. The number of rotatable bonds is 3. The monoisotopic (exact) mass is 306 g/mol. The summed E-state index contributed by atoms with van der Waals surface area (Å²) < 4.78 is 0. The van der Waals surface area contributed by atoms with Crippen LogP contribution in [0.1, 0.15) is 18.4 Å². The Hall–Kier alpha value is -1.04. The van der Waals surface area contributed by atoms with Crippen LogP contribution in [0.3, 0.4) is 0 Å². The maximum atomic E-state index is 11.5. The molecule has 1 unspecified atom stereocenters. The summed E-state index contributed by atoms with van der Waals surface area (Å²) in [5.41, 5.74) is 0.891. The molecule has 0 aromatic heterocycles. The van der Waals surface area contributed by atoms with Gasteiger partial charge in [0.25, 0.3) is 0 Å². The Morgan fingerprint density at radius 3 is 2.71 bits per heavy atom. The molecular formula is C16H22N2O2S. The van der Waals surface area contributed by atoms with Gasteiger partial charge in [-0.15, -0.1) is 11.8 Å². The molecule has 0 radical (unpaired) electrons. The third kappa shape index (κ3) is 2.82. The molecule has 0 amide bonds. The maximum absolute atomic E-state index is 11.5. The number of hydrogen-bond acceptors (Lipinski definition) is 4. The quantitative estimate of drug-likeness (QED) is 0.926. The van der Waals surface area contributed by atoms with Crippen molar-refractivity contribution in [2.24, 2.45) is 0 Å². The number of likely N-dealkylation sites (N-methyl/N-ethyl adjacent to an activating group) is 1. The van der Waals surface area contributed by atoms with Gasteiger partial charge in [0.1, 0.15) is 0 Å². The summed E-state index contributed by atoms with van der Waals surface area (Å²) in [6.07, 6.45) is 1.12. The molecule has 4 nitrogen and oxygen atoms in total. The predicted octanol–water partition coefficient (Wildman–Crippen LogP) is 2.10. The molecule has 3 rings (SSSR count). The highest BCUT2D eigenvalue weighted by molar-refractivity contribution is 7.99. The molecule has 2 aliphatic rings. The van der Waals surface area contributed by atoms with Crippen molar-refractivity contribution in [1.82, 2.24) is 9.80 Å². The smallest absolute Gasteiger partial charge is 0.305 e. The summed E-state index contributed by atoms with van der Waals surface area (Å²) in [4.78, 5) is 17.5. The second kappa shape index (κ2) is 5.99. The van der Waals surface area contributed by atoms with E-state index in [0.29, 0.717) is 0 Å². The largest absolute Gasteiger partial charge is 0.481 e. The summed E-state index contributed by atoms with van der Waals surface area (Å²) in [7, 11) is 2.13. The molecule has 114 valence electrons. The van der Waals surface area contributed by atoms with Crippen molar-refractivity contribution < 1.29 is 9.90 Å². The Morgan fingerprint density at radius 2 is 2.00 bits per heavy atom. The lowest BCUT2D eigenvalue weighted by atomic mass is 9.81. The summed E-state index contributed by atoms with van der Waals surface area (Å²) in [6, 6.07) is 8.35. The number of carboxylic acid groups (broad SMARTS) is 1. The minimum Gasteiger partial charge on any atom is -0.481 e. The molecule has 5 heteroatoms. The first kappa shape index (κ1) is 14.9. The summed E-state index contributed by atoms with van der Waals surface area (Å²) >= 11 is 1.85. The van der Waals surface area contributed by atoms with Gasteiger partial charge >= 0.3 is 5.97 Å². The number of fused-ring (bicyclic) bond motifs is 1. The number of benzene rings is 1. The molecule has 0 saturated carbocycles. The number of thioether (sulfide) groups is 1. The highest BCUT2D eigenvalue weighted by Crippen LogP contribution is 2.46. The normalized spacial score (nSPS) is 27.3. The summed E-state index contributed by atoms with van der Waals surface area (Å²) in [5.74, 6) is 0.298. The Labute approximate surface area is 130 Å². The Bertz CT molecular complexity index is 529. The molecule has 1 fully saturated rings. The third-order valence-corrected chi connectivity index (χ3v) is 5.79. The summed E-state index contributed by atoms with van der Waals surface area (Å²) in [5, 5.41) is 9.50. The van der Waals surface area contributed by atoms with Crippen LogP contribution >= 0.6 is 11.8 Å². The zero-order valence-corrected chi connectivity index (χ0v) is 13.2. The third-order valence-electron chi connectivity index (χ3n) is 4.71. The molecule has 1 atom stereocenters. The van der Waals surface area contributed by atoms with Crippen LogP contribution in [0.25, 0.3) is 0 Å². The van der Waals surface area contributed by atoms with E-state index in [9.17, 15) is 9.90 Å². The number of piperazine rings is 1. The van der Waals surface area contributed by atoms with Crippen molar-refractivity contribution in [3.05, 3.63) is 29.8 Å².